The summed E-state index contributed by atoms with van der Waals surface area (Å²) in [6.07, 6.45) is -0.430. The van der Waals surface area contributed by atoms with Gasteiger partial charge in [0.25, 0.3) is 5.91 Å². The van der Waals surface area contributed by atoms with E-state index in [1.165, 1.54) is 24.3 Å². The highest BCUT2D eigenvalue weighted by molar-refractivity contribution is 5.80. The van der Waals surface area contributed by atoms with Crippen LogP contribution < -0.4 is 10.1 Å². The minimum atomic E-state index is -0.910. The monoisotopic (exact) mass is 297 g/mol. The Morgan fingerprint density at radius 3 is 2.43 bits per heavy atom. The third kappa shape index (κ3) is 5.41. The van der Waals surface area contributed by atoms with Gasteiger partial charge in [-0.3, -0.25) is 9.59 Å². The molecule has 0 saturated carbocycles. The van der Waals surface area contributed by atoms with Crippen LogP contribution in [0.5, 0.6) is 5.75 Å². The van der Waals surface area contributed by atoms with Crippen LogP contribution in [-0.4, -0.2) is 29.6 Å². The van der Waals surface area contributed by atoms with Crippen LogP contribution in [0.15, 0.2) is 24.3 Å². The molecule has 0 heterocycles. The van der Waals surface area contributed by atoms with Crippen molar-refractivity contribution < 1.29 is 23.8 Å². The number of carboxylic acids is 1. The van der Waals surface area contributed by atoms with Crippen molar-refractivity contribution in [1.82, 2.24) is 5.32 Å². The molecule has 21 heavy (non-hydrogen) atoms. The maximum atomic E-state index is 12.7. The van der Waals surface area contributed by atoms with Gasteiger partial charge in [0.15, 0.2) is 6.10 Å². The number of hydrogen-bond acceptors (Lipinski definition) is 3. The summed E-state index contributed by atoms with van der Waals surface area (Å²) >= 11 is 0. The highest BCUT2D eigenvalue weighted by Gasteiger charge is 2.27. The predicted octanol–water partition coefficient (Wildman–Crippen LogP) is 2.21. The standard InChI is InChI=1S/C15H20FNO4/c1-10(21-12-6-4-11(16)5-7-12)13(18)17-9-8-15(2,3)14(19)20/h4-7,10H,8-9H2,1-3H3,(H,17,18)(H,19,20). The third-order valence-electron chi connectivity index (χ3n) is 3.12. The van der Waals surface area contributed by atoms with Crippen LogP contribution in [0, 0.1) is 11.2 Å². The highest BCUT2D eigenvalue weighted by atomic mass is 19.1. The van der Waals surface area contributed by atoms with E-state index < -0.39 is 17.5 Å². The molecule has 0 aliphatic rings. The van der Waals surface area contributed by atoms with Gasteiger partial charge in [0.2, 0.25) is 0 Å². The summed E-state index contributed by atoms with van der Waals surface area (Å²) in [4.78, 5) is 22.7. The lowest BCUT2D eigenvalue weighted by Crippen LogP contribution is -2.39. The Balaban J connectivity index is 2.41. The lowest BCUT2D eigenvalue weighted by molar-refractivity contribution is -0.147. The molecule has 1 rings (SSSR count). The molecule has 0 spiro atoms. The summed E-state index contributed by atoms with van der Waals surface area (Å²) in [5, 5.41) is 11.6. The first-order valence-corrected chi connectivity index (χ1v) is 6.66. The summed E-state index contributed by atoms with van der Waals surface area (Å²) in [6, 6.07) is 5.37. The Bertz CT molecular complexity index is 499. The number of nitrogens with one attached hydrogen (secondary N) is 1. The topological polar surface area (TPSA) is 75.6 Å². The predicted molar refractivity (Wildman–Crippen MR) is 75.5 cm³/mol. The van der Waals surface area contributed by atoms with Crippen molar-refractivity contribution in [2.75, 3.05) is 6.54 Å². The van der Waals surface area contributed by atoms with Gasteiger partial charge < -0.3 is 15.2 Å². The van der Waals surface area contributed by atoms with Gasteiger partial charge in [-0.25, -0.2) is 4.39 Å². The average molecular weight is 297 g/mol. The van der Waals surface area contributed by atoms with E-state index in [4.69, 9.17) is 9.84 Å². The first kappa shape index (κ1) is 16.9. The Morgan fingerprint density at radius 1 is 1.33 bits per heavy atom. The SMILES string of the molecule is CC(Oc1ccc(F)cc1)C(=O)NCCC(C)(C)C(=O)O. The lowest BCUT2D eigenvalue weighted by Gasteiger charge is -2.20. The van der Waals surface area contributed by atoms with E-state index in [1.807, 2.05) is 0 Å². The van der Waals surface area contributed by atoms with Gasteiger partial charge in [0, 0.05) is 6.54 Å². The Morgan fingerprint density at radius 2 is 1.90 bits per heavy atom. The second-order valence-corrected chi connectivity index (χ2v) is 5.44. The molecule has 0 saturated heterocycles. The van der Waals surface area contributed by atoms with Gasteiger partial charge in [-0.2, -0.15) is 0 Å². The van der Waals surface area contributed by atoms with Gasteiger partial charge in [0.05, 0.1) is 5.41 Å². The van der Waals surface area contributed by atoms with Gasteiger partial charge in [-0.1, -0.05) is 0 Å². The number of aliphatic carboxylic acids is 1. The second kappa shape index (κ2) is 7.06. The summed E-state index contributed by atoms with van der Waals surface area (Å²) < 4.78 is 18.1. The van der Waals surface area contributed by atoms with Gasteiger partial charge in [-0.05, 0) is 51.5 Å². The average Bonchev–Trinajstić information content (AvgIpc) is 2.40. The molecule has 1 atom stereocenters. The number of carbonyl (C=O) groups excluding carboxylic acids is 1. The van der Waals surface area contributed by atoms with Crippen molar-refractivity contribution in [3.05, 3.63) is 30.1 Å². The first-order chi connectivity index (χ1) is 9.72. The Hall–Kier alpha value is -2.11. The molecular weight excluding hydrogens is 277 g/mol. The number of ether oxygens (including phenoxy) is 1. The molecule has 1 aromatic carbocycles. The quantitative estimate of drug-likeness (QED) is 0.809. The van der Waals surface area contributed by atoms with E-state index in [0.29, 0.717) is 12.2 Å². The molecule has 1 amide bonds. The van der Waals surface area contributed by atoms with Crippen LogP contribution in [0.4, 0.5) is 4.39 Å². The van der Waals surface area contributed by atoms with Crippen LogP contribution in [-0.2, 0) is 9.59 Å². The fourth-order valence-corrected chi connectivity index (χ4v) is 1.52. The molecule has 5 nitrogen and oxygen atoms in total. The van der Waals surface area contributed by atoms with E-state index >= 15 is 0 Å². The van der Waals surface area contributed by atoms with Gasteiger partial charge in [-0.15, -0.1) is 0 Å². The van der Waals surface area contributed by atoms with Crippen molar-refractivity contribution in [3.63, 3.8) is 0 Å². The normalized spacial score (nSPS) is 12.6. The third-order valence-corrected chi connectivity index (χ3v) is 3.12. The molecule has 0 radical (unpaired) electrons. The van der Waals surface area contributed by atoms with Crippen LogP contribution >= 0.6 is 0 Å². The number of halogens is 1. The zero-order valence-corrected chi connectivity index (χ0v) is 12.4. The number of hydrogen-bond donors (Lipinski definition) is 2. The maximum absolute atomic E-state index is 12.7. The minimum absolute atomic E-state index is 0.245. The minimum Gasteiger partial charge on any atom is -0.481 e. The molecular formula is C15H20FNO4. The number of amides is 1. The number of carbonyl (C=O) groups is 2. The van der Waals surface area contributed by atoms with Crippen molar-refractivity contribution in [2.24, 2.45) is 5.41 Å². The maximum Gasteiger partial charge on any atom is 0.309 e. The van der Waals surface area contributed by atoms with Crippen molar-refractivity contribution in [3.8, 4) is 5.75 Å². The number of benzene rings is 1. The molecule has 0 fully saturated rings. The van der Waals surface area contributed by atoms with E-state index in [9.17, 15) is 14.0 Å². The molecule has 0 bridgehead atoms. The van der Waals surface area contributed by atoms with Gasteiger partial charge in [0.1, 0.15) is 11.6 Å². The van der Waals surface area contributed by atoms with E-state index in [-0.39, 0.29) is 18.3 Å². The molecule has 0 aliphatic heterocycles. The largest absolute Gasteiger partial charge is 0.481 e. The Labute approximate surface area is 123 Å². The van der Waals surface area contributed by atoms with Crippen molar-refractivity contribution in [2.45, 2.75) is 33.3 Å². The zero-order valence-electron chi connectivity index (χ0n) is 12.4. The summed E-state index contributed by atoms with van der Waals surface area (Å²) in [5.41, 5.74) is -0.895. The van der Waals surface area contributed by atoms with Crippen molar-refractivity contribution >= 4 is 11.9 Å². The molecule has 1 unspecified atom stereocenters. The van der Waals surface area contributed by atoms with Gasteiger partial charge >= 0.3 is 5.97 Å². The zero-order chi connectivity index (χ0) is 16.0. The fourth-order valence-electron chi connectivity index (χ4n) is 1.52. The van der Waals surface area contributed by atoms with Crippen LogP contribution in [0.3, 0.4) is 0 Å². The molecule has 6 heteroatoms. The molecule has 1 aromatic rings. The summed E-state index contributed by atoms with van der Waals surface area (Å²) in [5.74, 6) is -1.24. The number of carboxylic acid groups (broad SMARTS) is 1. The number of rotatable bonds is 7. The molecule has 0 aliphatic carbocycles. The summed E-state index contributed by atoms with van der Waals surface area (Å²) in [6.45, 7) is 5.01. The molecule has 2 N–H and O–H groups in total. The van der Waals surface area contributed by atoms with E-state index in [0.717, 1.165) is 0 Å². The molecule has 0 aromatic heterocycles. The first-order valence-electron chi connectivity index (χ1n) is 6.66. The van der Waals surface area contributed by atoms with E-state index in [2.05, 4.69) is 5.32 Å². The van der Waals surface area contributed by atoms with Crippen molar-refractivity contribution in [1.29, 1.82) is 0 Å². The lowest BCUT2D eigenvalue weighted by atomic mass is 9.90. The van der Waals surface area contributed by atoms with Crippen LogP contribution in [0.2, 0.25) is 0 Å². The van der Waals surface area contributed by atoms with Crippen LogP contribution in [0.1, 0.15) is 27.2 Å². The fraction of sp³-hybridized carbons (Fsp3) is 0.467. The summed E-state index contributed by atoms with van der Waals surface area (Å²) in [7, 11) is 0. The van der Waals surface area contributed by atoms with E-state index in [1.54, 1.807) is 20.8 Å². The highest BCUT2D eigenvalue weighted by Crippen LogP contribution is 2.19. The Kier molecular flexibility index (Phi) is 5.69. The molecule has 116 valence electrons. The smallest absolute Gasteiger partial charge is 0.309 e. The second-order valence-electron chi connectivity index (χ2n) is 5.44. The van der Waals surface area contributed by atoms with Crippen LogP contribution in [0.25, 0.3) is 0 Å².